The number of carbonyl (C=O) groups excluding carboxylic acids is 1. The fourth-order valence-corrected chi connectivity index (χ4v) is 1.83. The lowest BCUT2D eigenvalue weighted by Gasteiger charge is -2.28. The predicted octanol–water partition coefficient (Wildman–Crippen LogP) is 3.09. The van der Waals surface area contributed by atoms with Crippen LogP contribution in [-0.4, -0.2) is 19.1 Å². The number of nitrogens with one attached hydrogen (secondary N) is 1. The number of esters is 1. The molecule has 1 saturated carbocycles. The Morgan fingerprint density at radius 1 is 1.50 bits per heavy atom. The van der Waals surface area contributed by atoms with Crippen LogP contribution in [0.15, 0.2) is 18.2 Å². The molecule has 0 amide bonds. The van der Waals surface area contributed by atoms with Gasteiger partial charge in [-0.3, -0.25) is 0 Å². The van der Waals surface area contributed by atoms with E-state index >= 15 is 0 Å². The number of benzene rings is 1. The molecule has 0 saturated heterocycles. The molecule has 1 aliphatic carbocycles. The minimum atomic E-state index is -0.340. The summed E-state index contributed by atoms with van der Waals surface area (Å²) < 4.78 is 4.67. The third-order valence-electron chi connectivity index (χ3n) is 2.85. The maximum atomic E-state index is 11.4. The lowest BCUT2D eigenvalue weighted by molar-refractivity contribution is 0.0601. The van der Waals surface area contributed by atoms with Gasteiger partial charge in [-0.25, -0.2) is 4.79 Å². The van der Waals surface area contributed by atoms with Crippen LogP contribution in [0.25, 0.3) is 0 Å². The van der Waals surface area contributed by atoms with Gasteiger partial charge in [-0.2, -0.15) is 0 Å². The van der Waals surface area contributed by atoms with Crippen LogP contribution < -0.4 is 5.32 Å². The predicted molar refractivity (Wildman–Crippen MR) is 64.1 cm³/mol. The van der Waals surface area contributed by atoms with Gasteiger partial charge in [0.1, 0.15) is 0 Å². The molecule has 1 aliphatic rings. The molecule has 1 N–H and O–H groups in total. The number of hydrogen-bond donors (Lipinski definition) is 1. The van der Waals surface area contributed by atoms with E-state index in [1.165, 1.54) is 26.4 Å². The monoisotopic (exact) mass is 239 g/mol. The average Bonchev–Trinajstić information content (AvgIpc) is 2.24. The fraction of sp³-hybridized carbons (Fsp3) is 0.417. The van der Waals surface area contributed by atoms with Gasteiger partial charge in [-0.1, -0.05) is 11.6 Å². The molecule has 0 heterocycles. The van der Waals surface area contributed by atoms with Crippen molar-refractivity contribution in [3.63, 3.8) is 0 Å². The largest absolute Gasteiger partial charge is 0.465 e. The maximum absolute atomic E-state index is 11.4. The highest BCUT2D eigenvalue weighted by atomic mass is 35.5. The molecule has 0 aliphatic heterocycles. The summed E-state index contributed by atoms with van der Waals surface area (Å²) in [4.78, 5) is 11.4. The first kappa shape index (κ1) is 11.3. The van der Waals surface area contributed by atoms with Gasteiger partial charge < -0.3 is 10.1 Å². The summed E-state index contributed by atoms with van der Waals surface area (Å²) >= 11 is 6.05. The Labute approximate surface area is 99.7 Å². The van der Waals surface area contributed by atoms with Crippen molar-refractivity contribution in [3.8, 4) is 0 Å². The second-order valence-electron chi connectivity index (χ2n) is 3.96. The first-order valence-electron chi connectivity index (χ1n) is 5.35. The van der Waals surface area contributed by atoms with Gasteiger partial charge >= 0.3 is 5.97 Å². The number of rotatable bonds is 3. The highest BCUT2D eigenvalue weighted by Crippen LogP contribution is 2.29. The van der Waals surface area contributed by atoms with Gasteiger partial charge in [-0.15, -0.1) is 0 Å². The zero-order chi connectivity index (χ0) is 11.5. The second kappa shape index (κ2) is 4.74. The zero-order valence-electron chi connectivity index (χ0n) is 9.13. The van der Waals surface area contributed by atoms with Gasteiger partial charge in [0.2, 0.25) is 0 Å². The molecule has 0 aromatic heterocycles. The zero-order valence-corrected chi connectivity index (χ0v) is 9.88. The van der Waals surface area contributed by atoms with Crippen LogP contribution in [0.2, 0.25) is 5.02 Å². The van der Waals surface area contributed by atoms with Crippen molar-refractivity contribution in [3.05, 3.63) is 28.8 Å². The molecule has 0 bridgehead atoms. The Balaban J connectivity index is 2.17. The molecule has 16 heavy (non-hydrogen) atoms. The van der Waals surface area contributed by atoms with Crippen LogP contribution in [0.3, 0.4) is 0 Å². The van der Waals surface area contributed by atoms with E-state index in [2.05, 4.69) is 10.1 Å². The molecule has 1 aromatic carbocycles. The lowest BCUT2D eigenvalue weighted by Crippen LogP contribution is -2.27. The topological polar surface area (TPSA) is 38.3 Å². The van der Waals surface area contributed by atoms with E-state index in [4.69, 9.17) is 11.6 Å². The van der Waals surface area contributed by atoms with Crippen LogP contribution in [0, 0.1) is 0 Å². The SMILES string of the molecule is COC(=O)c1ccc(Cl)c(NC2CCC2)c1. The summed E-state index contributed by atoms with van der Waals surface area (Å²) in [7, 11) is 1.37. The summed E-state index contributed by atoms with van der Waals surface area (Å²) in [6.45, 7) is 0. The molecule has 0 spiro atoms. The van der Waals surface area contributed by atoms with E-state index < -0.39 is 0 Å². The van der Waals surface area contributed by atoms with Gasteiger partial charge in [0.05, 0.1) is 23.4 Å². The number of anilines is 1. The number of carbonyl (C=O) groups is 1. The summed E-state index contributed by atoms with van der Waals surface area (Å²) in [6.07, 6.45) is 3.59. The molecule has 1 aromatic rings. The molecule has 0 radical (unpaired) electrons. The Morgan fingerprint density at radius 3 is 2.81 bits per heavy atom. The van der Waals surface area contributed by atoms with E-state index in [0.29, 0.717) is 16.6 Å². The Kier molecular flexibility index (Phi) is 3.34. The van der Waals surface area contributed by atoms with Crippen LogP contribution in [-0.2, 0) is 4.74 Å². The highest BCUT2D eigenvalue weighted by Gasteiger charge is 2.18. The van der Waals surface area contributed by atoms with E-state index in [0.717, 1.165) is 5.69 Å². The molecule has 0 unspecified atom stereocenters. The summed E-state index contributed by atoms with van der Waals surface area (Å²) in [5, 5.41) is 3.96. The molecular formula is C12H14ClNO2. The third-order valence-corrected chi connectivity index (χ3v) is 3.18. The normalized spacial score (nSPS) is 15.4. The molecule has 1 fully saturated rings. The Hall–Kier alpha value is -1.22. The first-order chi connectivity index (χ1) is 7.70. The van der Waals surface area contributed by atoms with E-state index in [1.807, 2.05) is 0 Å². The smallest absolute Gasteiger partial charge is 0.337 e. The quantitative estimate of drug-likeness (QED) is 0.824. The van der Waals surface area contributed by atoms with Crippen molar-refractivity contribution >= 4 is 23.3 Å². The van der Waals surface area contributed by atoms with Gasteiger partial charge in [0, 0.05) is 6.04 Å². The van der Waals surface area contributed by atoms with Crippen molar-refractivity contribution in [2.75, 3.05) is 12.4 Å². The first-order valence-corrected chi connectivity index (χ1v) is 5.73. The fourth-order valence-electron chi connectivity index (χ4n) is 1.65. The lowest BCUT2D eigenvalue weighted by atomic mass is 9.93. The minimum absolute atomic E-state index is 0.340. The molecule has 4 heteroatoms. The van der Waals surface area contributed by atoms with E-state index in [1.54, 1.807) is 18.2 Å². The Morgan fingerprint density at radius 2 is 2.25 bits per heavy atom. The number of ether oxygens (including phenoxy) is 1. The van der Waals surface area contributed by atoms with Crippen LogP contribution in [0.4, 0.5) is 5.69 Å². The maximum Gasteiger partial charge on any atom is 0.337 e. The van der Waals surface area contributed by atoms with Crippen molar-refractivity contribution in [2.24, 2.45) is 0 Å². The van der Waals surface area contributed by atoms with Crippen molar-refractivity contribution in [2.45, 2.75) is 25.3 Å². The standard InChI is InChI=1S/C12H14ClNO2/c1-16-12(15)8-5-6-10(13)11(7-8)14-9-3-2-4-9/h5-7,9,14H,2-4H2,1H3. The second-order valence-corrected chi connectivity index (χ2v) is 4.37. The molecule has 0 atom stereocenters. The molecular weight excluding hydrogens is 226 g/mol. The highest BCUT2D eigenvalue weighted by molar-refractivity contribution is 6.33. The van der Waals surface area contributed by atoms with E-state index in [-0.39, 0.29) is 5.97 Å². The molecule has 3 nitrogen and oxygen atoms in total. The van der Waals surface area contributed by atoms with Crippen molar-refractivity contribution in [1.82, 2.24) is 0 Å². The Bertz CT molecular complexity index is 402. The van der Waals surface area contributed by atoms with Gasteiger partial charge in [-0.05, 0) is 37.5 Å². The number of halogens is 1. The minimum Gasteiger partial charge on any atom is -0.465 e. The van der Waals surface area contributed by atoms with Crippen LogP contribution >= 0.6 is 11.6 Å². The van der Waals surface area contributed by atoms with Crippen molar-refractivity contribution in [1.29, 1.82) is 0 Å². The van der Waals surface area contributed by atoms with Gasteiger partial charge in [0.15, 0.2) is 0 Å². The molecule has 2 rings (SSSR count). The van der Waals surface area contributed by atoms with Gasteiger partial charge in [0.25, 0.3) is 0 Å². The third kappa shape index (κ3) is 2.30. The summed E-state index contributed by atoms with van der Waals surface area (Å²) in [5.74, 6) is -0.340. The van der Waals surface area contributed by atoms with Crippen LogP contribution in [0.1, 0.15) is 29.6 Å². The van der Waals surface area contributed by atoms with Crippen LogP contribution in [0.5, 0.6) is 0 Å². The van der Waals surface area contributed by atoms with Crippen molar-refractivity contribution < 1.29 is 9.53 Å². The number of methoxy groups -OCH3 is 1. The molecule has 86 valence electrons. The summed E-state index contributed by atoms with van der Waals surface area (Å²) in [5.41, 5.74) is 1.34. The average molecular weight is 240 g/mol. The van der Waals surface area contributed by atoms with E-state index in [9.17, 15) is 4.79 Å². The number of hydrogen-bond acceptors (Lipinski definition) is 3. The summed E-state index contributed by atoms with van der Waals surface area (Å²) in [6, 6.07) is 5.62.